The fourth-order valence-corrected chi connectivity index (χ4v) is 1.33. The van der Waals surface area contributed by atoms with Crippen LogP contribution in [-0.2, 0) is 4.74 Å². The molecule has 0 saturated heterocycles. The predicted octanol–water partition coefficient (Wildman–Crippen LogP) is 2.37. The zero-order valence-electron chi connectivity index (χ0n) is 10.4. The monoisotopic (exact) mass is 294 g/mol. The number of hydrogen-bond donors (Lipinski definition) is 0. The SMILES string of the molecule is CCOC(=O)c1cc([N+](=O)[O-])c(OC(F)(F)F)c(C)n1. The summed E-state index contributed by atoms with van der Waals surface area (Å²) in [6, 6.07) is 0.575. The summed E-state index contributed by atoms with van der Waals surface area (Å²) >= 11 is 0. The Balaban J connectivity index is 3.33. The molecule has 7 nitrogen and oxygen atoms in total. The highest BCUT2D eigenvalue weighted by Gasteiger charge is 2.36. The first-order valence-electron chi connectivity index (χ1n) is 5.24. The minimum absolute atomic E-state index is 0.00579. The average molecular weight is 294 g/mol. The third-order valence-corrected chi connectivity index (χ3v) is 2.02. The van der Waals surface area contributed by atoms with Crippen LogP contribution in [0.3, 0.4) is 0 Å². The Hall–Kier alpha value is -2.39. The van der Waals surface area contributed by atoms with Crippen LogP contribution in [0.1, 0.15) is 23.1 Å². The first kappa shape index (κ1) is 15.7. The number of rotatable bonds is 4. The van der Waals surface area contributed by atoms with Crippen molar-refractivity contribution in [3.05, 3.63) is 27.6 Å². The molecule has 0 unspecified atom stereocenters. The molecule has 0 atom stereocenters. The molecule has 1 aromatic rings. The van der Waals surface area contributed by atoms with Gasteiger partial charge in [0.05, 0.1) is 23.3 Å². The van der Waals surface area contributed by atoms with Crippen LogP contribution >= 0.6 is 0 Å². The Bertz CT molecular complexity index is 544. The van der Waals surface area contributed by atoms with Crippen LogP contribution in [0, 0.1) is 17.0 Å². The van der Waals surface area contributed by atoms with Crippen molar-refractivity contribution >= 4 is 11.7 Å². The van der Waals surface area contributed by atoms with Gasteiger partial charge in [-0.25, -0.2) is 9.78 Å². The van der Waals surface area contributed by atoms with E-state index in [9.17, 15) is 28.1 Å². The Morgan fingerprint density at radius 2 is 2.10 bits per heavy atom. The van der Waals surface area contributed by atoms with Gasteiger partial charge in [0.1, 0.15) is 0 Å². The number of halogens is 3. The molecule has 10 heteroatoms. The van der Waals surface area contributed by atoms with E-state index >= 15 is 0 Å². The number of alkyl halides is 3. The molecule has 1 aromatic heterocycles. The van der Waals surface area contributed by atoms with Gasteiger partial charge in [-0.15, -0.1) is 13.2 Å². The number of nitro groups is 1. The smallest absolute Gasteiger partial charge is 0.461 e. The maximum atomic E-state index is 12.2. The standard InChI is InChI=1S/C10H9F3N2O5/c1-3-19-9(16)6-4-7(15(17)18)8(5(2)14-6)20-10(11,12)13/h4H,3H2,1-2H3. The van der Waals surface area contributed by atoms with Crippen molar-refractivity contribution in [2.24, 2.45) is 0 Å². The molecule has 0 aromatic carbocycles. The van der Waals surface area contributed by atoms with Gasteiger partial charge in [0.15, 0.2) is 5.69 Å². The second-order valence-corrected chi connectivity index (χ2v) is 3.47. The van der Waals surface area contributed by atoms with Crippen molar-refractivity contribution in [1.29, 1.82) is 0 Å². The quantitative estimate of drug-likeness (QED) is 0.481. The second-order valence-electron chi connectivity index (χ2n) is 3.47. The molecule has 0 radical (unpaired) electrons. The van der Waals surface area contributed by atoms with Crippen molar-refractivity contribution in [3.63, 3.8) is 0 Å². The summed E-state index contributed by atoms with van der Waals surface area (Å²) in [5.41, 5.74) is -1.93. The molecular formula is C10H9F3N2O5. The minimum atomic E-state index is -5.11. The Labute approximate surface area is 110 Å². The summed E-state index contributed by atoms with van der Waals surface area (Å²) < 4.78 is 44.7. The molecule has 0 N–H and O–H groups in total. The topological polar surface area (TPSA) is 91.6 Å². The van der Waals surface area contributed by atoms with Crippen molar-refractivity contribution in [2.45, 2.75) is 20.2 Å². The normalized spacial score (nSPS) is 11.1. The van der Waals surface area contributed by atoms with Crippen LogP contribution in [0.5, 0.6) is 5.75 Å². The summed E-state index contributed by atoms with van der Waals surface area (Å²) in [5, 5.41) is 10.8. The molecule has 0 aliphatic rings. The molecule has 0 aliphatic carbocycles. The number of hydrogen-bond acceptors (Lipinski definition) is 6. The zero-order valence-corrected chi connectivity index (χ0v) is 10.4. The molecule has 0 spiro atoms. The number of carbonyl (C=O) groups excluding carboxylic acids is 1. The Kier molecular flexibility index (Phi) is 4.48. The predicted molar refractivity (Wildman–Crippen MR) is 58.3 cm³/mol. The van der Waals surface area contributed by atoms with Crippen molar-refractivity contribution in [1.82, 2.24) is 4.98 Å². The number of aryl methyl sites for hydroxylation is 1. The molecule has 0 bridgehead atoms. The molecule has 0 saturated carbocycles. The third-order valence-electron chi connectivity index (χ3n) is 2.02. The number of pyridine rings is 1. The number of carbonyl (C=O) groups is 1. The second kappa shape index (κ2) is 5.72. The van der Waals surface area contributed by atoms with Crippen LogP contribution in [-0.4, -0.2) is 28.8 Å². The summed E-state index contributed by atoms with van der Waals surface area (Å²) in [6.07, 6.45) is -5.11. The van der Waals surface area contributed by atoms with Gasteiger partial charge >= 0.3 is 18.0 Å². The van der Waals surface area contributed by atoms with E-state index in [1.54, 1.807) is 0 Å². The van der Waals surface area contributed by atoms with E-state index in [4.69, 9.17) is 0 Å². The maximum Gasteiger partial charge on any atom is 0.573 e. The van der Waals surface area contributed by atoms with Crippen LogP contribution in [0.15, 0.2) is 6.07 Å². The van der Waals surface area contributed by atoms with Crippen LogP contribution in [0.2, 0.25) is 0 Å². The average Bonchev–Trinajstić information content (AvgIpc) is 2.29. The number of nitrogens with zero attached hydrogens (tertiary/aromatic N) is 2. The third kappa shape index (κ3) is 3.80. The van der Waals surface area contributed by atoms with Crippen LogP contribution in [0.25, 0.3) is 0 Å². The lowest BCUT2D eigenvalue weighted by Crippen LogP contribution is -2.20. The summed E-state index contributed by atoms with van der Waals surface area (Å²) in [5.74, 6) is -2.03. The largest absolute Gasteiger partial charge is 0.573 e. The molecule has 0 amide bonds. The highest BCUT2D eigenvalue weighted by molar-refractivity contribution is 5.88. The first-order chi connectivity index (χ1) is 9.15. The van der Waals surface area contributed by atoms with Crippen molar-refractivity contribution < 1.29 is 32.4 Å². The molecule has 0 aliphatic heterocycles. The van der Waals surface area contributed by atoms with E-state index in [0.717, 1.165) is 6.92 Å². The van der Waals surface area contributed by atoms with Crippen LogP contribution < -0.4 is 4.74 Å². The molecule has 20 heavy (non-hydrogen) atoms. The lowest BCUT2D eigenvalue weighted by atomic mass is 10.2. The van der Waals surface area contributed by atoms with Gasteiger partial charge in [-0.1, -0.05) is 0 Å². The van der Waals surface area contributed by atoms with Gasteiger partial charge in [-0.3, -0.25) is 10.1 Å². The fraction of sp³-hybridized carbons (Fsp3) is 0.400. The zero-order chi connectivity index (χ0) is 15.5. The Morgan fingerprint density at radius 1 is 1.50 bits per heavy atom. The molecule has 110 valence electrons. The summed E-state index contributed by atoms with van der Waals surface area (Å²) in [7, 11) is 0. The highest BCUT2D eigenvalue weighted by Crippen LogP contribution is 2.34. The molecular weight excluding hydrogens is 285 g/mol. The number of ether oxygens (including phenoxy) is 2. The number of aromatic nitrogens is 1. The van der Waals surface area contributed by atoms with E-state index in [1.807, 2.05) is 0 Å². The maximum absolute atomic E-state index is 12.2. The van der Waals surface area contributed by atoms with Crippen molar-refractivity contribution in [2.75, 3.05) is 6.61 Å². The molecule has 1 heterocycles. The number of esters is 1. The first-order valence-corrected chi connectivity index (χ1v) is 5.24. The lowest BCUT2D eigenvalue weighted by Gasteiger charge is -2.11. The van der Waals surface area contributed by atoms with Crippen molar-refractivity contribution in [3.8, 4) is 5.75 Å². The Morgan fingerprint density at radius 3 is 2.55 bits per heavy atom. The van der Waals surface area contributed by atoms with E-state index in [0.29, 0.717) is 6.07 Å². The van der Waals surface area contributed by atoms with Gasteiger partial charge < -0.3 is 9.47 Å². The van der Waals surface area contributed by atoms with Gasteiger partial charge in [0, 0.05) is 0 Å². The van der Waals surface area contributed by atoms with Gasteiger partial charge in [-0.05, 0) is 13.8 Å². The van der Waals surface area contributed by atoms with E-state index in [1.165, 1.54) is 6.92 Å². The summed E-state index contributed by atoms with van der Waals surface area (Å²) in [6.45, 7) is 2.55. The van der Waals surface area contributed by atoms with Crippen LogP contribution in [0.4, 0.5) is 18.9 Å². The molecule has 0 fully saturated rings. The van der Waals surface area contributed by atoms with Gasteiger partial charge in [0.2, 0.25) is 5.75 Å². The highest BCUT2D eigenvalue weighted by atomic mass is 19.4. The summed E-state index contributed by atoms with van der Waals surface area (Å²) in [4.78, 5) is 24.6. The van der Waals surface area contributed by atoms with E-state index in [2.05, 4.69) is 14.5 Å². The van der Waals surface area contributed by atoms with E-state index < -0.39 is 40.1 Å². The minimum Gasteiger partial charge on any atom is -0.461 e. The molecule has 1 rings (SSSR count). The lowest BCUT2D eigenvalue weighted by molar-refractivity contribution is -0.388. The van der Waals surface area contributed by atoms with E-state index in [-0.39, 0.29) is 6.61 Å². The van der Waals surface area contributed by atoms with Gasteiger partial charge in [0.25, 0.3) is 0 Å². The fourth-order valence-electron chi connectivity index (χ4n) is 1.33. The van der Waals surface area contributed by atoms with Gasteiger partial charge in [-0.2, -0.15) is 0 Å².